The van der Waals surface area contributed by atoms with Crippen molar-refractivity contribution in [1.29, 1.82) is 0 Å². The van der Waals surface area contributed by atoms with Crippen molar-refractivity contribution in [2.75, 3.05) is 26.2 Å². The summed E-state index contributed by atoms with van der Waals surface area (Å²) in [6, 6.07) is 3.64. The second-order valence-corrected chi connectivity index (χ2v) is 6.74. The van der Waals surface area contributed by atoms with Gasteiger partial charge in [0.25, 0.3) is 5.91 Å². The molecule has 22 heavy (non-hydrogen) atoms. The van der Waals surface area contributed by atoms with Crippen LogP contribution in [0.2, 0.25) is 0 Å². The molecule has 3 heterocycles. The number of nitrogens with one attached hydrogen (secondary N) is 1. The Morgan fingerprint density at radius 2 is 2.14 bits per heavy atom. The molecule has 1 amide bonds. The minimum atomic E-state index is -0.00273. The third-order valence-electron chi connectivity index (χ3n) is 4.78. The number of aromatic nitrogens is 1. The number of carbonyl (C=O) groups excluding carboxylic acids is 1. The minimum absolute atomic E-state index is 0.00273. The summed E-state index contributed by atoms with van der Waals surface area (Å²) in [5, 5.41) is 3.45. The van der Waals surface area contributed by atoms with E-state index in [1.54, 1.807) is 6.20 Å². The van der Waals surface area contributed by atoms with Crippen LogP contribution >= 0.6 is 0 Å². The number of pyridine rings is 1. The van der Waals surface area contributed by atoms with Gasteiger partial charge in [-0.3, -0.25) is 4.79 Å². The summed E-state index contributed by atoms with van der Waals surface area (Å²) in [6.07, 6.45) is 5.09. The summed E-state index contributed by atoms with van der Waals surface area (Å²) in [5.41, 5.74) is 0.856. The van der Waals surface area contributed by atoms with Gasteiger partial charge >= 0.3 is 0 Å². The quantitative estimate of drug-likeness (QED) is 0.929. The van der Waals surface area contributed by atoms with E-state index in [-0.39, 0.29) is 12.0 Å². The summed E-state index contributed by atoms with van der Waals surface area (Å²) in [6.45, 7) is 7.76. The van der Waals surface area contributed by atoms with E-state index in [9.17, 15) is 4.79 Å². The first kappa shape index (κ1) is 15.3. The van der Waals surface area contributed by atoms with Crippen molar-refractivity contribution in [3.05, 3.63) is 24.0 Å². The molecule has 2 aliphatic rings. The van der Waals surface area contributed by atoms with Crippen molar-refractivity contribution in [3.8, 4) is 5.75 Å². The standard InChI is InChI=1S/C17H25N3O2/c1-13(2)22-14-4-3-8-19-15(14)16(21)20-10-6-17(7-11-20)5-9-18-12-17/h3-4,8,13,18H,5-7,9-12H2,1-2H3. The molecule has 0 bridgehead atoms. The van der Waals surface area contributed by atoms with Gasteiger partial charge in [0, 0.05) is 25.8 Å². The topological polar surface area (TPSA) is 54.5 Å². The first-order chi connectivity index (χ1) is 10.6. The third-order valence-corrected chi connectivity index (χ3v) is 4.78. The minimum Gasteiger partial charge on any atom is -0.489 e. The molecule has 0 saturated carbocycles. The zero-order chi connectivity index (χ0) is 15.6. The van der Waals surface area contributed by atoms with Crippen LogP contribution in [0.5, 0.6) is 5.75 Å². The van der Waals surface area contributed by atoms with Gasteiger partial charge in [0.15, 0.2) is 11.4 Å². The Morgan fingerprint density at radius 1 is 1.36 bits per heavy atom. The number of hydrogen-bond donors (Lipinski definition) is 1. The Bertz CT molecular complexity index is 528. The van der Waals surface area contributed by atoms with E-state index in [1.165, 1.54) is 6.42 Å². The van der Waals surface area contributed by atoms with Crippen LogP contribution in [0.3, 0.4) is 0 Å². The Morgan fingerprint density at radius 3 is 2.77 bits per heavy atom. The Kier molecular flexibility index (Phi) is 4.34. The molecule has 120 valence electrons. The fraction of sp³-hybridized carbons (Fsp3) is 0.647. The molecule has 2 saturated heterocycles. The first-order valence-corrected chi connectivity index (χ1v) is 8.21. The second-order valence-electron chi connectivity index (χ2n) is 6.74. The van der Waals surface area contributed by atoms with Gasteiger partial charge in [0.05, 0.1) is 6.10 Å². The molecule has 1 aromatic heterocycles. The highest BCUT2D eigenvalue weighted by Gasteiger charge is 2.38. The molecule has 1 aromatic rings. The highest BCUT2D eigenvalue weighted by Crippen LogP contribution is 2.37. The predicted octanol–water partition coefficient (Wildman–Crippen LogP) is 2.08. The number of ether oxygens (including phenoxy) is 1. The summed E-state index contributed by atoms with van der Waals surface area (Å²) in [4.78, 5) is 19.0. The van der Waals surface area contributed by atoms with Gasteiger partial charge in [0.1, 0.15) is 0 Å². The third kappa shape index (κ3) is 3.09. The van der Waals surface area contributed by atoms with Crippen LogP contribution in [-0.4, -0.2) is 48.1 Å². The lowest BCUT2D eigenvalue weighted by Crippen LogP contribution is -2.44. The van der Waals surface area contributed by atoms with Gasteiger partial charge in [-0.15, -0.1) is 0 Å². The second kappa shape index (κ2) is 6.24. The number of piperidine rings is 1. The first-order valence-electron chi connectivity index (χ1n) is 8.21. The molecule has 3 rings (SSSR count). The van der Waals surface area contributed by atoms with Crippen molar-refractivity contribution in [1.82, 2.24) is 15.2 Å². The Labute approximate surface area is 132 Å². The smallest absolute Gasteiger partial charge is 0.276 e. The lowest BCUT2D eigenvalue weighted by atomic mass is 9.78. The molecule has 0 radical (unpaired) electrons. The fourth-order valence-electron chi connectivity index (χ4n) is 3.46. The van der Waals surface area contributed by atoms with E-state index in [2.05, 4.69) is 10.3 Å². The van der Waals surface area contributed by atoms with Crippen molar-refractivity contribution >= 4 is 5.91 Å². The molecule has 0 aromatic carbocycles. The highest BCUT2D eigenvalue weighted by molar-refractivity contribution is 5.95. The van der Waals surface area contributed by atoms with Gasteiger partial charge in [-0.2, -0.15) is 0 Å². The molecule has 5 nitrogen and oxygen atoms in total. The van der Waals surface area contributed by atoms with E-state index in [0.717, 1.165) is 39.0 Å². The molecule has 0 unspecified atom stereocenters. The molecule has 0 aliphatic carbocycles. The SMILES string of the molecule is CC(C)Oc1cccnc1C(=O)N1CCC2(CCNC2)CC1. The number of rotatable bonds is 3. The number of hydrogen-bond acceptors (Lipinski definition) is 4. The maximum atomic E-state index is 12.8. The van der Waals surface area contributed by atoms with Crippen LogP contribution in [0, 0.1) is 5.41 Å². The monoisotopic (exact) mass is 303 g/mol. The average Bonchev–Trinajstić information content (AvgIpc) is 2.96. The van der Waals surface area contributed by atoms with Crippen molar-refractivity contribution in [2.45, 2.75) is 39.2 Å². The Balaban J connectivity index is 1.70. The van der Waals surface area contributed by atoms with Gasteiger partial charge in [-0.25, -0.2) is 4.98 Å². The number of likely N-dealkylation sites (tertiary alicyclic amines) is 1. The molecule has 0 atom stereocenters. The lowest BCUT2D eigenvalue weighted by Gasteiger charge is -2.38. The molecule has 2 fully saturated rings. The zero-order valence-electron chi connectivity index (χ0n) is 13.5. The maximum absolute atomic E-state index is 12.8. The molecule has 5 heteroatoms. The zero-order valence-corrected chi connectivity index (χ0v) is 13.5. The van der Waals surface area contributed by atoms with E-state index in [1.807, 2.05) is 30.9 Å². The molecule has 2 aliphatic heterocycles. The Hall–Kier alpha value is -1.62. The number of amides is 1. The van der Waals surface area contributed by atoms with Gasteiger partial charge in [0.2, 0.25) is 0 Å². The van der Waals surface area contributed by atoms with E-state index >= 15 is 0 Å². The largest absolute Gasteiger partial charge is 0.489 e. The van der Waals surface area contributed by atoms with Crippen molar-refractivity contribution in [3.63, 3.8) is 0 Å². The van der Waals surface area contributed by atoms with Gasteiger partial charge < -0.3 is 15.0 Å². The van der Waals surface area contributed by atoms with Gasteiger partial charge in [-0.1, -0.05) is 0 Å². The van der Waals surface area contributed by atoms with E-state index < -0.39 is 0 Å². The summed E-state index contributed by atoms with van der Waals surface area (Å²) >= 11 is 0. The van der Waals surface area contributed by atoms with Crippen LogP contribution in [0.25, 0.3) is 0 Å². The van der Waals surface area contributed by atoms with Crippen LogP contribution < -0.4 is 10.1 Å². The lowest BCUT2D eigenvalue weighted by molar-refractivity contribution is 0.0596. The van der Waals surface area contributed by atoms with Crippen LogP contribution in [-0.2, 0) is 0 Å². The maximum Gasteiger partial charge on any atom is 0.276 e. The molecular weight excluding hydrogens is 278 g/mol. The van der Waals surface area contributed by atoms with Gasteiger partial charge in [-0.05, 0) is 57.2 Å². The molecular formula is C17H25N3O2. The van der Waals surface area contributed by atoms with Crippen LogP contribution in [0.15, 0.2) is 18.3 Å². The van der Waals surface area contributed by atoms with Crippen molar-refractivity contribution < 1.29 is 9.53 Å². The van der Waals surface area contributed by atoms with E-state index in [0.29, 0.717) is 16.9 Å². The highest BCUT2D eigenvalue weighted by atomic mass is 16.5. The summed E-state index contributed by atoms with van der Waals surface area (Å²) in [5.74, 6) is 0.586. The van der Waals surface area contributed by atoms with E-state index in [4.69, 9.17) is 4.74 Å². The number of nitrogens with zero attached hydrogens (tertiary/aromatic N) is 2. The van der Waals surface area contributed by atoms with Crippen LogP contribution in [0.1, 0.15) is 43.6 Å². The van der Waals surface area contributed by atoms with Crippen molar-refractivity contribution in [2.24, 2.45) is 5.41 Å². The average molecular weight is 303 g/mol. The number of carbonyl (C=O) groups is 1. The molecule has 1 N–H and O–H groups in total. The van der Waals surface area contributed by atoms with Crippen LogP contribution in [0.4, 0.5) is 0 Å². The predicted molar refractivity (Wildman–Crippen MR) is 85.1 cm³/mol. The molecule has 1 spiro atoms. The summed E-state index contributed by atoms with van der Waals surface area (Å²) in [7, 11) is 0. The fourth-order valence-corrected chi connectivity index (χ4v) is 3.46. The summed E-state index contributed by atoms with van der Waals surface area (Å²) < 4.78 is 5.73. The normalized spacial score (nSPS) is 20.6.